The molecule has 0 fully saturated rings. The summed E-state index contributed by atoms with van der Waals surface area (Å²) in [6, 6.07) is 6.03. The summed E-state index contributed by atoms with van der Waals surface area (Å²) in [5.41, 5.74) is 1.40. The van der Waals surface area contributed by atoms with Crippen molar-refractivity contribution >= 4 is 17.3 Å². The van der Waals surface area contributed by atoms with Crippen molar-refractivity contribution in [2.24, 2.45) is 0 Å². The van der Waals surface area contributed by atoms with Crippen LogP contribution in [0, 0.1) is 5.82 Å². The summed E-state index contributed by atoms with van der Waals surface area (Å²) in [7, 11) is 0. The maximum Gasteiger partial charge on any atom is 0.347 e. The first-order valence-electron chi connectivity index (χ1n) is 5.94. The van der Waals surface area contributed by atoms with Crippen molar-refractivity contribution in [1.29, 1.82) is 0 Å². The van der Waals surface area contributed by atoms with Crippen molar-refractivity contribution in [2.75, 3.05) is 0 Å². The molecule has 2 rings (SSSR count). The third-order valence-corrected chi connectivity index (χ3v) is 4.07. The number of thiazole rings is 1. The van der Waals surface area contributed by atoms with Crippen molar-refractivity contribution < 1.29 is 14.3 Å². The fourth-order valence-electron chi connectivity index (χ4n) is 1.70. The summed E-state index contributed by atoms with van der Waals surface area (Å²) in [4.78, 5) is 15.9. The zero-order valence-electron chi connectivity index (χ0n) is 10.7. The molecule has 1 aromatic heterocycles. The van der Waals surface area contributed by atoms with Gasteiger partial charge in [-0.05, 0) is 17.7 Å². The van der Waals surface area contributed by atoms with Crippen LogP contribution in [-0.4, -0.2) is 16.1 Å². The topological polar surface area (TPSA) is 50.2 Å². The van der Waals surface area contributed by atoms with E-state index in [-0.39, 0.29) is 16.6 Å². The number of carboxylic acid groups (broad SMARTS) is 1. The normalized spacial score (nSPS) is 10.9. The standard InChI is InChI=1S/C14H14FNO2S/c1-8(2)13-16-11(12(19-13)14(17)18)7-9-3-5-10(15)6-4-9/h3-6,8H,7H2,1-2H3,(H,17,18). The molecule has 0 unspecified atom stereocenters. The number of aromatic carboxylic acids is 1. The van der Waals surface area contributed by atoms with Gasteiger partial charge in [0, 0.05) is 12.3 Å². The molecule has 0 radical (unpaired) electrons. The number of aromatic nitrogens is 1. The van der Waals surface area contributed by atoms with E-state index in [1.807, 2.05) is 13.8 Å². The maximum absolute atomic E-state index is 12.8. The molecule has 0 spiro atoms. The molecule has 1 heterocycles. The smallest absolute Gasteiger partial charge is 0.347 e. The van der Waals surface area contributed by atoms with Crippen LogP contribution in [0.3, 0.4) is 0 Å². The number of hydrogen-bond donors (Lipinski definition) is 1. The Balaban J connectivity index is 2.33. The van der Waals surface area contributed by atoms with Gasteiger partial charge in [0.15, 0.2) is 0 Å². The number of benzene rings is 1. The highest BCUT2D eigenvalue weighted by atomic mass is 32.1. The van der Waals surface area contributed by atoms with E-state index in [0.717, 1.165) is 10.6 Å². The summed E-state index contributed by atoms with van der Waals surface area (Å²) < 4.78 is 12.8. The van der Waals surface area contributed by atoms with Gasteiger partial charge in [0.1, 0.15) is 10.7 Å². The largest absolute Gasteiger partial charge is 0.477 e. The Morgan fingerprint density at radius 2 is 2.00 bits per heavy atom. The highest BCUT2D eigenvalue weighted by Gasteiger charge is 2.18. The molecule has 5 heteroatoms. The van der Waals surface area contributed by atoms with Crippen LogP contribution in [0.1, 0.15) is 45.7 Å². The van der Waals surface area contributed by atoms with Crippen molar-refractivity contribution in [1.82, 2.24) is 4.98 Å². The Morgan fingerprint density at radius 3 is 2.53 bits per heavy atom. The first-order valence-corrected chi connectivity index (χ1v) is 6.76. The minimum atomic E-state index is -0.957. The second-order valence-corrected chi connectivity index (χ2v) is 5.62. The van der Waals surface area contributed by atoms with Gasteiger partial charge >= 0.3 is 5.97 Å². The van der Waals surface area contributed by atoms with Crippen LogP contribution in [-0.2, 0) is 6.42 Å². The molecule has 1 aromatic carbocycles. The molecule has 3 nitrogen and oxygen atoms in total. The van der Waals surface area contributed by atoms with Crippen LogP contribution in [0.4, 0.5) is 4.39 Å². The van der Waals surface area contributed by atoms with Gasteiger partial charge < -0.3 is 5.11 Å². The summed E-state index contributed by atoms with van der Waals surface area (Å²) in [6.45, 7) is 3.96. The Morgan fingerprint density at radius 1 is 1.37 bits per heavy atom. The second kappa shape index (κ2) is 5.48. The minimum Gasteiger partial charge on any atom is -0.477 e. The zero-order valence-corrected chi connectivity index (χ0v) is 11.5. The Labute approximate surface area is 114 Å². The Bertz CT molecular complexity index is 590. The molecule has 2 aromatic rings. The van der Waals surface area contributed by atoms with E-state index in [4.69, 9.17) is 0 Å². The number of rotatable bonds is 4. The fraction of sp³-hybridized carbons (Fsp3) is 0.286. The lowest BCUT2D eigenvalue weighted by Crippen LogP contribution is -2.00. The summed E-state index contributed by atoms with van der Waals surface area (Å²) in [5.74, 6) is -1.06. The lowest BCUT2D eigenvalue weighted by Gasteiger charge is -2.00. The molecule has 0 aliphatic rings. The Kier molecular flexibility index (Phi) is 3.95. The highest BCUT2D eigenvalue weighted by Crippen LogP contribution is 2.26. The number of nitrogens with zero attached hydrogens (tertiary/aromatic N) is 1. The molecule has 0 saturated heterocycles. The molecule has 0 aliphatic carbocycles. The van der Waals surface area contributed by atoms with Crippen LogP contribution in [0.2, 0.25) is 0 Å². The van der Waals surface area contributed by atoms with E-state index in [1.54, 1.807) is 12.1 Å². The SMILES string of the molecule is CC(C)c1nc(Cc2ccc(F)cc2)c(C(=O)O)s1. The number of halogens is 1. The predicted molar refractivity (Wildman–Crippen MR) is 72.4 cm³/mol. The monoisotopic (exact) mass is 279 g/mol. The molecule has 100 valence electrons. The second-order valence-electron chi connectivity index (χ2n) is 4.59. The predicted octanol–water partition coefficient (Wildman–Crippen LogP) is 3.69. The molecule has 0 atom stereocenters. The third kappa shape index (κ3) is 3.17. The van der Waals surface area contributed by atoms with Gasteiger partial charge in [-0.2, -0.15) is 0 Å². The average molecular weight is 279 g/mol. The number of carbonyl (C=O) groups is 1. The van der Waals surface area contributed by atoms with Gasteiger partial charge in [-0.15, -0.1) is 11.3 Å². The van der Waals surface area contributed by atoms with Gasteiger partial charge in [0.2, 0.25) is 0 Å². The average Bonchev–Trinajstić information content (AvgIpc) is 2.76. The first-order chi connectivity index (χ1) is 8.97. The van der Waals surface area contributed by atoms with E-state index in [2.05, 4.69) is 4.98 Å². The third-order valence-electron chi connectivity index (χ3n) is 2.69. The van der Waals surface area contributed by atoms with Crippen LogP contribution in [0.15, 0.2) is 24.3 Å². The lowest BCUT2D eigenvalue weighted by atomic mass is 10.1. The van der Waals surface area contributed by atoms with Crippen molar-refractivity contribution in [3.63, 3.8) is 0 Å². The Hall–Kier alpha value is -1.75. The molecule has 19 heavy (non-hydrogen) atoms. The first kappa shape index (κ1) is 13.7. The molecule has 0 amide bonds. The van der Waals surface area contributed by atoms with Crippen LogP contribution in [0.25, 0.3) is 0 Å². The van der Waals surface area contributed by atoms with Crippen molar-refractivity contribution in [3.8, 4) is 0 Å². The molecule has 0 aliphatic heterocycles. The van der Waals surface area contributed by atoms with Gasteiger partial charge in [-0.25, -0.2) is 14.2 Å². The van der Waals surface area contributed by atoms with Gasteiger partial charge in [0.25, 0.3) is 0 Å². The molecule has 0 saturated carbocycles. The molecular formula is C14H14FNO2S. The summed E-state index contributed by atoms with van der Waals surface area (Å²) in [6.07, 6.45) is 0.408. The molecule has 0 bridgehead atoms. The van der Waals surface area contributed by atoms with Crippen LogP contribution < -0.4 is 0 Å². The summed E-state index contributed by atoms with van der Waals surface area (Å²) in [5, 5.41) is 10.0. The maximum atomic E-state index is 12.8. The van der Waals surface area contributed by atoms with E-state index in [9.17, 15) is 14.3 Å². The minimum absolute atomic E-state index is 0.199. The van der Waals surface area contributed by atoms with E-state index in [1.165, 1.54) is 23.5 Å². The van der Waals surface area contributed by atoms with Crippen LogP contribution in [0.5, 0.6) is 0 Å². The van der Waals surface area contributed by atoms with E-state index < -0.39 is 5.97 Å². The highest BCUT2D eigenvalue weighted by molar-refractivity contribution is 7.13. The van der Waals surface area contributed by atoms with Gasteiger partial charge in [0.05, 0.1) is 10.7 Å². The summed E-state index contributed by atoms with van der Waals surface area (Å²) >= 11 is 1.21. The molecular weight excluding hydrogens is 265 g/mol. The zero-order chi connectivity index (χ0) is 14.0. The van der Waals surface area contributed by atoms with Gasteiger partial charge in [-0.3, -0.25) is 0 Å². The van der Waals surface area contributed by atoms with Crippen LogP contribution >= 0.6 is 11.3 Å². The number of carboxylic acids is 1. The van der Waals surface area contributed by atoms with Gasteiger partial charge in [-0.1, -0.05) is 26.0 Å². The lowest BCUT2D eigenvalue weighted by molar-refractivity contribution is 0.0701. The van der Waals surface area contributed by atoms with Crippen molar-refractivity contribution in [2.45, 2.75) is 26.2 Å². The number of hydrogen-bond acceptors (Lipinski definition) is 3. The fourth-order valence-corrected chi connectivity index (χ4v) is 2.62. The van der Waals surface area contributed by atoms with Crippen molar-refractivity contribution in [3.05, 3.63) is 51.2 Å². The molecule has 1 N–H and O–H groups in total. The van der Waals surface area contributed by atoms with E-state index >= 15 is 0 Å². The van der Waals surface area contributed by atoms with E-state index in [0.29, 0.717) is 12.1 Å². The quantitative estimate of drug-likeness (QED) is 0.928.